The Morgan fingerprint density at radius 1 is 1.42 bits per heavy atom. The van der Waals surface area contributed by atoms with Crippen molar-refractivity contribution in [1.82, 2.24) is 15.1 Å². The third-order valence-electron chi connectivity index (χ3n) is 2.90. The number of amides is 1. The largest absolute Gasteiger partial charge is 0.394 e. The lowest BCUT2D eigenvalue weighted by molar-refractivity contribution is -0.119. The van der Waals surface area contributed by atoms with Crippen molar-refractivity contribution in [3.63, 3.8) is 0 Å². The van der Waals surface area contributed by atoms with Crippen LogP contribution in [0.25, 0.3) is 0 Å². The molecule has 0 unspecified atom stereocenters. The van der Waals surface area contributed by atoms with Crippen LogP contribution < -0.4 is 16.0 Å². The maximum Gasteiger partial charge on any atom is 0.239 e. The molecule has 3 N–H and O–H groups in total. The summed E-state index contributed by atoms with van der Waals surface area (Å²) in [6, 6.07) is 0. The zero-order valence-corrected chi connectivity index (χ0v) is 12.4. The molecule has 1 aromatic rings. The van der Waals surface area contributed by atoms with Crippen molar-refractivity contribution in [2.24, 2.45) is 0 Å². The molecular weight excluding hydrogens is 242 g/mol. The van der Waals surface area contributed by atoms with E-state index in [2.05, 4.69) is 17.3 Å². The van der Waals surface area contributed by atoms with Gasteiger partial charge in [0.25, 0.3) is 0 Å². The Hall–Kier alpha value is -1.72. The van der Waals surface area contributed by atoms with Gasteiger partial charge in [-0.3, -0.25) is 4.79 Å². The van der Waals surface area contributed by atoms with E-state index in [1.54, 1.807) is 0 Å². The molecule has 6 nitrogen and oxygen atoms in total. The average Bonchev–Trinajstić information content (AvgIpc) is 2.63. The number of nitrogens with two attached hydrogens (primary N) is 1. The Morgan fingerprint density at radius 2 is 2.11 bits per heavy atom. The molecule has 108 valence electrons. The Labute approximate surface area is 114 Å². The van der Waals surface area contributed by atoms with Crippen LogP contribution in [-0.4, -0.2) is 35.8 Å². The topological polar surface area (TPSA) is 76.2 Å². The van der Waals surface area contributed by atoms with Gasteiger partial charge >= 0.3 is 0 Å². The van der Waals surface area contributed by atoms with Crippen molar-refractivity contribution >= 4 is 17.4 Å². The number of nitrogens with one attached hydrogen (secondary N) is 1. The highest BCUT2D eigenvalue weighted by Crippen LogP contribution is 2.25. The van der Waals surface area contributed by atoms with E-state index in [1.165, 1.54) is 0 Å². The first-order valence-electron chi connectivity index (χ1n) is 6.81. The maximum atomic E-state index is 11.7. The van der Waals surface area contributed by atoms with Crippen LogP contribution in [0.3, 0.4) is 0 Å². The summed E-state index contributed by atoms with van der Waals surface area (Å²) in [5, 5.41) is 7.27. The normalized spacial score (nSPS) is 10.5. The minimum atomic E-state index is 0.00523. The molecule has 1 amide bonds. The van der Waals surface area contributed by atoms with Crippen molar-refractivity contribution in [3.05, 3.63) is 5.69 Å². The highest BCUT2D eigenvalue weighted by molar-refractivity contribution is 5.82. The third-order valence-corrected chi connectivity index (χ3v) is 2.90. The molecule has 1 aromatic heterocycles. The summed E-state index contributed by atoms with van der Waals surface area (Å²) < 4.78 is 1.87. The van der Waals surface area contributed by atoms with E-state index in [0.29, 0.717) is 18.8 Å². The van der Waals surface area contributed by atoms with Gasteiger partial charge < -0.3 is 16.0 Å². The molecule has 0 aliphatic rings. The summed E-state index contributed by atoms with van der Waals surface area (Å²) in [6.45, 7) is 7.80. The molecule has 0 aromatic carbocycles. The minimum Gasteiger partial charge on any atom is -0.394 e. The van der Waals surface area contributed by atoms with Crippen LogP contribution in [-0.2, 0) is 11.3 Å². The number of hydrogen-bond donors (Lipinski definition) is 2. The van der Waals surface area contributed by atoms with Crippen LogP contribution in [0, 0.1) is 6.92 Å². The lowest BCUT2D eigenvalue weighted by Crippen LogP contribution is -2.36. The lowest BCUT2D eigenvalue weighted by Gasteiger charge is -2.20. The number of hydrogen-bond acceptors (Lipinski definition) is 4. The summed E-state index contributed by atoms with van der Waals surface area (Å²) in [6.07, 6.45) is 1.91. The van der Waals surface area contributed by atoms with Gasteiger partial charge in [0, 0.05) is 20.1 Å². The second kappa shape index (κ2) is 7.01. The van der Waals surface area contributed by atoms with E-state index < -0.39 is 0 Å². The van der Waals surface area contributed by atoms with Gasteiger partial charge in [-0.05, 0) is 19.8 Å². The molecule has 0 fully saturated rings. The molecule has 0 spiro atoms. The number of carbonyl (C=O) groups is 1. The lowest BCUT2D eigenvalue weighted by atomic mass is 10.3. The molecular formula is C13H25N5O. The van der Waals surface area contributed by atoms with Crippen LogP contribution >= 0.6 is 0 Å². The summed E-state index contributed by atoms with van der Waals surface area (Å²) in [5.41, 5.74) is 7.52. The second-order valence-electron chi connectivity index (χ2n) is 4.75. The molecule has 6 heteroatoms. The predicted octanol–water partition coefficient (Wildman–Crippen LogP) is 1.15. The smallest absolute Gasteiger partial charge is 0.239 e. The number of anilines is 2. The van der Waals surface area contributed by atoms with Crippen molar-refractivity contribution in [2.45, 2.75) is 40.2 Å². The summed E-state index contributed by atoms with van der Waals surface area (Å²) in [4.78, 5) is 13.6. The average molecular weight is 267 g/mol. The Kier molecular flexibility index (Phi) is 5.66. The van der Waals surface area contributed by atoms with E-state index in [1.807, 2.05) is 30.5 Å². The van der Waals surface area contributed by atoms with Gasteiger partial charge in [-0.15, -0.1) is 0 Å². The quantitative estimate of drug-likeness (QED) is 0.777. The standard InChI is InChI=1S/C13H25N5O/c1-5-7-15-11(19)9-17(4)13-12(14)10(3)16-18(13)8-6-2/h5-9,14H2,1-4H3,(H,15,19). The van der Waals surface area contributed by atoms with Crippen molar-refractivity contribution in [3.8, 4) is 0 Å². The van der Waals surface area contributed by atoms with Gasteiger partial charge in [0.1, 0.15) is 0 Å². The van der Waals surface area contributed by atoms with Gasteiger partial charge in [-0.1, -0.05) is 13.8 Å². The van der Waals surface area contributed by atoms with E-state index >= 15 is 0 Å². The molecule has 0 aliphatic carbocycles. The van der Waals surface area contributed by atoms with Crippen LogP contribution in [0.1, 0.15) is 32.4 Å². The van der Waals surface area contributed by atoms with E-state index in [9.17, 15) is 4.79 Å². The number of likely N-dealkylation sites (N-methyl/N-ethyl adjacent to an activating group) is 1. The first-order chi connectivity index (χ1) is 9.01. The fraction of sp³-hybridized carbons (Fsp3) is 0.692. The summed E-state index contributed by atoms with van der Waals surface area (Å²) in [7, 11) is 1.87. The van der Waals surface area contributed by atoms with Crippen molar-refractivity contribution in [1.29, 1.82) is 0 Å². The predicted molar refractivity (Wildman–Crippen MR) is 78.2 cm³/mol. The second-order valence-corrected chi connectivity index (χ2v) is 4.75. The van der Waals surface area contributed by atoms with Crippen LogP contribution in [0.15, 0.2) is 0 Å². The van der Waals surface area contributed by atoms with Crippen LogP contribution in [0.2, 0.25) is 0 Å². The number of rotatable bonds is 7. The molecule has 0 bridgehead atoms. The molecule has 1 heterocycles. The number of carbonyl (C=O) groups excluding carboxylic acids is 1. The monoisotopic (exact) mass is 267 g/mol. The third kappa shape index (κ3) is 3.87. The zero-order valence-electron chi connectivity index (χ0n) is 12.4. The Morgan fingerprint density at radius 3 is 2.68 bits per heavy atom. The molecule has 0 atom stereocenters. The number of nitrogens with zero attached hydrogens (tertiary/aromatic N) is 3. The highest BCUT2D eigenvalue weighted by atomic mass is 16.2. The Bertz CT molecular complexity index is 427. The Balaban J connectivity index is 2.80. The SMILES string of the molecule is CCCNC(=O)CN(C)c1c(N)c(C)nn1CCC. The van der Waals surface area contributed by atoms with Crippen molar-refractivity contribution in [2.75, 3.05) is 30.8 Å². The summed E-state index contributed by atoms with van der Waals surface area (Å²) in [5.74, 6) is 0.830. The van der Waals surface area contributed by atoms with Crippen molar-refractivity contribution < 1.29 is 4.79 Å². The van der Waals surface area contributed by atoms with Gasteiger partial charge in [0.15, 0.2) is 5.82 Å². The fourth-order valence-corrected chi connectivity index (χ4v) is 1.96. The van der Waals surface area contributed by atoms with Crippen LogP contribution in [0.4, 0.5) is 11.5 Å². The van der Waals surface area contributed by atoms with Gasteiger partial charge in [0.05, 0.1) is 17.9 Å². The molecule has 1 rings (SSSR count). The first kappa shape index (κ1) is 15.3. The first-order valence-corrected chi connectivity index (χ1v) is 6.81. The highest BCUT2D eigenvalue weighted by Gasteiger charge is 2.17. The minimum absolute atomic E-state index is 0.00523. The van der Waals surface area contributed by atoms with E-state index in [-0.39, 0.29) is 5.91 Å². The fourth-order valence-electron chi connectivity index (χ4n) is 1.96. The summed E-state index contributed by atoms with van der Waals surface area (Å²) >= 11 is 0. The number of aryl methyl sites for hydroxylation is 2. The number of nitrogen functional groups attached to an aromatic ring is 1. The molecule has 0 aliphatic heterocycles. The maximum absolute atomic E-state index is 11.7. The molecule has 0 saturated heterocycles. The number of aromatic nitrogens is 2. The van der Waals surface area contributed by atoms with Gasteiger partial charge in [-0.25, -0.2) is 4.68 Å². The molecule has 0 saturated carbocycles. The van der Waals surface area contributed by atoms with Gasteiger partial charge in [0.2, 0.25) is 5.91 Å². The zero-order chi connectivity index (χ0) is 14.4. The van der Waals surface area contributed by atoms with Gasteiger partial charge in [-0.2, -0.15) is 5.10 Å². The van der Waals surface area contributed by atoms with Crippen LogP contribution in [0.5, 0.6) is 0 Å². The van der Waals surface area contributed by atoms with E-state index in [0.717, 1.165) is 30.9 Å². The van der Waals surface area contributed by atoms with E-state index in [4.69, 9.17) is 5.73 Å². The molecule has 19 heavy (non-hydrogen) atoms. The molecule has 0 radical (unpaired) electrons.